The number of fused-ring (bicyclic) bond motifs is 1. The lowest BCUT2D eigenvalue weighted by Gasteiger charge is -2.19. The first-order valence-electron chi connectivity index (χ1n) is 9.41. The number of halogens is 1. The Bertz CT molecular complexity index is 997. The number of hydrogen-bond donors (Lipinski definition) is 0. The molecule has 3 heteroatoms. The minimum atomic E-state index is 0.190. The van der Waals surface area contributed by atoms with Crippen molar-refractivity contribution in [2.24, 2.45) is 5.41 Å². The summed E-state index contributed by atoms with van der Waals surface area (Å²) < 4.78 is 2.40. The third-order valence-electron chi connectivity index (χ3n) is 5.32. The Morgan fingerprint density at radius 3 is 2.26 bits per heavy atom. The monoisotopic (exact) mass is 377 g/mol. The van der Waals surface area contributed by atoms with E-state index < -0.39 is 0 Å². The average molecular weight is 378 g/mol. The minimum absolute atomic E-state index is 0.190. The molecule has 0 fully saturated rings. The fourth-order valence-corrected chi connectivity index (χ4v) is 4.42. The van der Waals surface area contributed by atoms with Gasteiger partial charge in [0.25, 0.3) is 0 Å². The van der Waals surface area contributed by atoms with E-state index in [1.54, 1.807) is 6.92 Å². The number of ketones is 1. The van der Waals surface area contributed by atoms with E-state index >= 15 is 0 Å². The standard InChI is InChI=1S/C24H24ClNO/c1-16(27)13-20-22(18-9-11-19(25)12-10-18)23(17-7-5-4-6-8-17)21-14-24(2,3)15-26(20)21/h4-12H,13-15H2,1-3H3. The van der Waals surface area contributed by atoms with Crippen LogP contribution in [-0.2, 0) is 24.2 Å². The Hall–Kier alpha value is -2.32. The van der Waals surface area contributed by atoms with Crippen molar-refractivity contribution in [1.82, 2.24) is 4.57 Å². The predicted octanol–water partition coefficient (Wildman–Crippen LogP) is 6.19. The van der Waals surface area contributed by atoms with Gasteiger partial charge in [-0.05, 0) is 42.0 Å². The zero-order valence-corrected chi connectivity index (χ0v) is 16.8. The second kappa shape index (κ2) is 6.69. The quantitative estimate of drug-likeness (QED) is 0.531. The van der Waals surface area contributed by atoms with Gasteiger partial charge < -0.3 is 4.57 Å². The number of aromatic nitrogens is 1. The van der Waals surface area contributed by atoms with Crippen molar-refractivity contribution in [3.05, 3.63) is 71.0 Å². The average Bonchev–Trinajstić information content (AvgIpc) is 3.07. The molecule has 1 aromatic heterocycles. The highest BCUT2D eigenvalue weighted by Crippen LogP contribution is 2.47. The molecule has 0 unspecified atom stereocenters. The van der Waals surface area contributed by atoms with Crippen LogP contribution in [0, 0.1) is 5.41 Å². The summed E-state index contributed by atoms with van der Waals surface area (Å²) in [4.78, 5) is 12.1. The zero-order chi connectivity index (χ0) is 19.2. The van der Waals surface area contributed by atoms with Crippen LogP contribution in [0.15, 0.2) is 54.6 Å². The van der Waals surface area contributed by atoms with E-state index in [2.05, 4.69) is 54.8 Å². The number of carbonyl (C=O) groups excluding carboxylic acids is 1. The predicted molar refractivity (Wildman–Crippen MR) is 112 cm³/mol. The van der Waals surface area contributed by atoms with Crippen LogP contribution in [0.1, 0.15) is 32.2 Å². The molecule has 1 aliphatic heterocycles. The van der Waals surface area contributed by atoms with E-state index in [9.17, 15) is 4.79 Å². The first kappa shape index (κ1) is 18.1. The van der Waals surface area contributed by atoms with Crippen LogP contribution in [0.3, 0.4) is 0 Å². The molecule has 0 radical (unpaired) electrons. The summed E-state index contributed by atoms with van der Waals surface area (Å²) in [6, 6.07) is 18.5. The zero-order valence-electron chi connectivity index (χ0n) is 16.1. The van der Waals surface area contributed by atoms with Crippen molar-refractivity contribution in [3.8, 4) is 22.3 Å². The lowest BCUT2D eigenvalue weighted by atomic mass is 9.86. The van der Waals surface area contributed by atoms with Crippen molar-refractivity contribution in [2.45, 2.75) is 40.2 Å². The molecule has 1 aliphatic rings. The molecule has 27 heavy (non-hydrogen) atoms. The number of Topliss-reactive ketones (excluding diaryl/α,β-unsaturated/α-hetero) is 1. The van der Waals surface area contributed by atoms with Crippen LogP contribution in [0.25, 0.3) is 22.3 Å². The fraction of sp³-hybridized carbons (Fsp3) is 0.292. The molecule has 0 atom stereocenters. The van der Waals surface area contributed by atoms with Crippen LogP contribution < -0.4 is 0 Å². The molecular formula is C24H24ClNO. The minimum Gasteiger partial charge on any atom is -0.346 e. The third-order valence-corrected chi connectivity index (χ3v) is 5.57. The molecular weight excluding hydrogens is 354 g/mol. The Kier molecular flexibility index (Phi) is 4.47. The first-order chi connectivity index (χ1) is 12.9. The van der Waals surface area contributed by atoms with Crippen molar-refractivity contribution in [2.75, 3.05) is 0 Å². The fourth-order valence-electron chi connectivity index (χ4n) is 4.30. The van der Waals surface area contributed by atoms with E-state index in [0.29, 0.717) is 6.42 Å². The molecule has 0 saturated heterocycles. The molecule has 3 aromatic rings. The van der Waals surface area contributed by atoms with Gasteiger partial charge >= 0.3 is 0 Å². The van der Waals surface area contributed by atoms with Gasteiger partial charge in [0.05, 0.1) is 0 Å². The van der Waals surface area contributed by atoms with Crippen molar-refractivity contribution in [1.29, 1.82) is 0 Å². The van der Waals surface area contributed by atoms with Crippen LogP contribution in [0.5, 0.6) is 0 Å². The van der Waals surface area contributed by atoms with E-state index in [-0.39, 0.29) is 11.2 Å². The molecule has 0 bridgehead atoms. The first-order valence-corrected chi connectivity index (χ1v) is 9.78. The molecule has 0 saturated carbocycles. The van der Waals surface area contributed by atoms with Crippen LogP contribution in [-0.4, -0.2) is 10.4 Å². The summed E-state index contributed by atoms with van der Waals surface area (Å²) in [5.74, 6) is 0.190. The number of carbonyl (C=O) groups is 1. The summed E-state index contributed by atoms with van der Waals surface area (Å²) in [6.07, 6.45) is 1.46. The van der Waals surface area contributed by atoms with Gasteiger partial charge in [0.15, 0.2) is 0 Å². The Labute approximate surface area is 165 Å². The molecule has 2 nitrogen and oxygen atoms in total. The number of rotatable bonds is 4. The smallest absolute Gasteiger partial charge is 0.135 e. The summed E-state index contributed by atoms with van der Waals surface area (Å²) in [5, 5.41) is 0.723. The second-order valence-electron chi connectivity index (χ2n) is 8.32. The molecule has 0 amide bonds. The van der Waals surface area contributed by atoms with Crippen molar-refractivity contribution >= 4 is 17.4 Å². The topological polar surface area (TPSA) is 22.0 Å². The van der Waals surface area contributed by atoms with Crippen LogP contribution in [0.2, 0.25) is 5.02 Å². The van der Waals surface area contributed by atoms with Crippen LogP contribution >= 0.6 is 11.6 Å². The van der Waals surface area contributed by atoms with Gasteiger partial charge in [-0.15, -0.1) is 0 Å². The molecule has 0 N–H and O–H groups in total. The summed E-state index contributed by atoms with van der Waals surface area (Å²) in [7, 11) is 0. The molecule has 138 valence electrons. The molecule has 4 rings (SSSR count). The summed E-state index contributed by atoms with van der Waals surface area (Å²) >= 11 is 6.13. The highest BCUT2D eigenvalue weighted by molar-refractivity contribution is 6.30. The second-order valence-corrected chi connectivity index (χ2v) is 8.76. The molecule has 0 aliphatic carbocycles. The van der Waals surface area contributed by atoms with Gasteiger partial charge in [-0.25, -0.2) is 0 Å². The highest BCUT2D eigenvalue weighted by atomic mass is 35.5. The van der Waals surface area contributed by atoms with E-state index in [1.165, 1.54) is 22.4 Å². The maximum atomic E-state index is 12.1. The van der Waals surface area contributed by atoms with Gasteiger partial charge in [0.1, 0.15) is 5.78 Å². The summed E-state index contributed by atoms with van der Waals surface area (Å²) in [6.45, 7) is 7.22. The third kappa shape index (κ3) is 3.35. The van der Waals surface area contributed by atoms with Gasteiger partial charge in [-0.1, -0.05) is 67.9 Å². The maximum Gasteiger partial charge on any atom is 0.135 e. The van der Waals surface area contributed by atoms with Gasteiger partial charge in [0.2, 0.25) is 0 Å². The SMILES string of the molecule is CC(=O)Cc1c(-c2ccc(Cl)cc2)c(-c2ccccc2)c2n1CC(C)(C)C2. The van der Waals surface area contributed by atoms with Crippen LogP contribution in [0.4, 0.5) is 0 Å². The lowest BCUT2D eigenvalue weighted by Crippen LogP contribution is -2.15. The van der Waals surface area contributed by atoms with Crippen molar-refractivity contribution in [3.63, 3.8) is 0 Å². The van der Waals surface area contributed by atoms with Gasteiger partial charge in [0, 0.05) is 40.5 Å². The Morgan fingerprint density at radius 1 is 1.00 bits per heavy atom. The number of nitrogens with zero attached hydrogens (tertiary/aromatic N) is 1. The van der Waals surface area contributed by atoms with Gasteiger partial charge in [-0.3, -0.25) is 4.79 Å². The number of benzene rings is 2. The Morgan fingerprint density at radius 2 is 1.63 bits per heavy atom. The number of hydrogen-bond acceptors (Lipinski definition) is 1. The molecule has 2 aromatic carbocycles. The van der Waals surface area contributed by atoms with Gasteiger partial charge in [-0.2, -0.15) is 0 Å². The summed E-state index contributed by atoms with van der Waals surface area (Å²) in [5.41, 5.74) is 7.44. The van der Waals surface area contributed by atoms with E-state index in [4.69, 9.17) is 11.6 Å². The van der Waals surface area contributed by atoms with E-state index in [0.717, 1.165) is 29.2 Å². The maximum absolute atomic E-state index is 12.1. The lowest BCUT2D eigenvalue weighted by molar-refractivity contribution is -0.116. The molecule has 0 spiro atoms. The van der Waals surface area contributed by atoms with Crippen molar-refractivity contribution < 1.29 is 4.79 Å². The highest BCUT2D eigenvalue weighted by Gasteiger charge is 2.36. The molecule has 2 heterocycles. The van der Waals surface area contributed by atoms with E-state index in [1.807, 2.05) is 18.2 Å². The Balaban J connectivity index is 2.03. The largest absolute Gasteiger partial charge is 0.346 e. The normalized spacial score (nSPS) is 15.0.